The lowest BCUT2D eigenvalue weighted by Gasteiger charge is -2.08. The highest BCUT2D eigenvalue weighted by Crippen LogP contribution is 2.19. The van der Waals surface area contributed by atoms with Crippen LogP contribution >= 0.6 is 11.6 Å². The number of para-hydroxylation sites is 1. The van der Waals surface area contributed by atoms with Crippen molar-refractivity contribution < 1.29 is 23.9 Å². The van der Waals surface area contributed by atoms with Crippen LogP contribution in [0.4, 0.5) is 5.69 Å². The maximum Gasteiger partial charge on any atom is 0.343 e. The molecular weight excluding hydrogens is 506 g/mol. The smallest absolute Gasteiger partial charge is 0.343 e. The van der Waals surface area contributed by atoms with E-state index in [2.05, 4.69) is 15.8 Å². The Morgan fingerprint density at radius 2 is 1.50 bits per heavy atom. The van der Waals surface area contributed by atoms with Gasteiger partial charge in [-0.25, -0.2) is 10.2 Å². The number of carbonyl (C=O) groups excluding carboxylic acids is 3. The Kier molecular flexibility index (Phi) is 8.48. The lowest BCUT2D eigenvalue weighted by molar-refractivity contribution is 0.0734. The number of nitrogens with zero attached hydrogens (tertiary/aromatic N) is 1. The Morgan fingerprint density at radius 1 is 0.789 bits per heavy atom. The van der Waals surface area contributed by atoms with Gasteiger partial charge < -0.3 is 14.8 Å². The summed E-state index contributed by atoms with van der Waals surface area (Å²) in [6.45, 7) is 0. The SMILES string of the molecule is COc1ccc(C(=O)Oc2ccccc2C=NNC(=O)c2cccc(NC(=O)c3ccc(Cl)cc3)c2)cc1. The minimum Gasteiger partial charge on any atom is -0.497 e. The van der Waals surface area contributed by atoms with E-state index in [0.29, 0.717) is 33.1 Å². The first-order valence-electron chi connectivity index (χ1n) is 11.4. The minimum absolute atomic E-state index is 0.276. The van der Waals surface area contributed by atoms with Crippen LogP contribution in [0, 0.1) is 0 Å². The van der Waals surface area contributed by atoms with Crippen LogP contribution in [-0.2, 0) is 0 Å². The number of anilines is 1. The maximum absolute atomic E-state index is 12.6. The summed E-state index contributed by atoms with van der Waals surface area (Å²) in [6, 6.07) is 26.2. The van der Waals surface area contributed by atoms with E-state index in [1.165, 1.54) is 12.3 Å². The van der Waals surface area contributed by atoms with Gasteiger partial charge in [-0.15, -0.1) is 0 Å². The first-order chi connectivity index (χ1) is 18.4. The molecule has 38 heavy (non-hydrogen) atoms. The number of hydrazone groups is 1. The molecule has 0 spiro atoms. The number of ether oxygens (including phenoxy) is 2. The molecule has 2 N–H and O–H groups in total. The van der Waals surface area contributed by atoms with Crippen molar-refractivity contribution >= 4 is 41.3 Å². The summed E-state index contributed by atoms with van der Waals surface area (Å²) < 4.78 is 10.6. The van der Waals surface area contributed by atoms with E-state index in [9.17, 15) is 14.4 Å². The van der Waals surface area contributed by atoms with Crippen molar-refractivity contribution in [2.24, 2.45) is 5.10 Å². The van der Waals surface area contributed by atoms with Crippen LogP contribution in [-0.4, -0.2) is 31.1 Å². The molecule has 0 unspecified atom stereocenters. The summed E-state index contributed by atoms with van der Waals surface area (Å²) >= 11 is 5.87. The maximum atomic E-state index is 12.6. The number of esters is 1. The van der Waals surface area contributed by atoms with Gasteiger partial charge in [-0.2, -0.15) is 5.10 Å². The predicted octanol–water partition coefficient (Wildman–Crippen LogP) is 5.58. The Morgan fingerprint density at radius 3 is 2.24 bits per heavy atom. The van der Waals surface area contributed by atoms with Crippen molar-refractivity contribution in [3.8, 4) is 11.5 Å². The summed E-state index contributed by atoms with van der Waals surface area (Å²) in [7, 11) is 1.54. The van der Waals surface area contributed by atoms with Gasteiger partial charge in [-0.05, 0) is 78.9 Å². The lowest BCUT2D eigenvalue weighted by atomic mass is 10.1. The van der Waals surface area contributed by atoms with E-state index in [1.807, 2.05) is 0 Å². The Bertz CT molecular complexity index is 1490. The molecule has 0 aliphatic rings. The highest BCUT2D eigenvalue weighted by atomic mass is 35.5. The second-order valence-electron chi connectivity index (χ2n) is 7.90. The molecule has 0 aliphatic heterocycles. The molecule has 0 saturated heterocycles. The van der Waals surface area contributed by atoms with Crippen LogP contribution in [0.2, 0.25) is 5.02 Å². The van der Waals surface area contributed by atoms with Gasteiger partial charge in [0.05, 0.1) is 18.9 Å². The average molecular weight is 528 g/mol. The lowest BCUT2D eigenvalue weighted by Crippen LogP contribution is -2.18. The number of methoxy groups -OCH3 is 1. The fourth-order valence-electron chi connectivity index (χ4n) is 3.33. The van der Waals surface area contributed by atoms with Crippen molar-refractivity contribution in [3.05, 3.63) is 124 Å². The molecular formula is C29H22ClN3O5. The molecule has 190 valence electrons. The second kappa shape index (κ2) is 12.3. The van der Waals surface area contributed by atoms with Crippen molar-refractivity contribution in [1.29, 1.82) is 0 Å². The molecule has 0 bridgehead atoms. The summed E-state index contributed by atoms with van der Waals surface area (Å²) in [4.78, 5) is 37.6. The van der Waals surface area contributed by atoms with E-state index in [1.54, 1.807) is 98.1 Å². The van der Waals surface area contributed by atoms with Gasteiger partial charge in [0.2, 0.25) is 0 Å². The van der Waals surface area contributed by atoms with Gasteiger partial charge in [-0.1, -0.05) is 29.8 Å². The number of halogens is 1. The van der Waals surface area contributed by atoms with Gasteiger partial charge in [0, 0.05) is 27.4 Å². The predicted molar refractivity (Wildman–Crippen MR) is 145 cm³/mol. The zero-order valence-corrected chi connectivity index (χ0v) is 20.9. The molecule has 9 heteroatoms. The normalized spacial score (nSPS) is 10.6. The molecule has 0 heterocycles. The molecule has 0 atom stereocenters. The zero-order chi connectivity index (χ0) is 26.9. The highest BCUT2D eigenvalue weighted by molar-refractivity contribution is 6.30. The quantitative estimate of drug-likeness (QED) is 0.135. The van der Waals surface area contributed by atoms with Crippen LogP contribution in [0.1, 0.15) is 36.6 Å². The third-order valence-electron chi connectivity index (χ3n) is 5.31. The van der Waals surface area contributed by atoms with Gasteiger partial charge in [-0.3, -0.25) is 9.59 Å². The molecule has 0 radical (unpaired) electrons. The van der Waals surface area contributed by atoms with Gasteiger partial charge in [0.1, 0.15) is 11.5 Å². The first kappa shape index (κ1) is 26.1. The van der Waals surface area contributed by atoms with Crippen molar-refractivity contribution in [1.82, 2.24) is 5.43 Å². The minimum atomic E-state index is -0.546. The molecule has 4 aromatic rings. The largest absolute Gasteiger partial charge is 0.497 e. The van der Waals surface area contributed by atoms with E-state index in [-0.39, 0.29) is 17.2 Å². The number of hydrogen-bond acceptors (Lipinski definition) is 6. The molecule has 0 saturated carbocycles. The molecule has 0 aromatic heterocycles. The average Bonchev–Trinajstić information content (AvgIpc) is 2.94. The highest BCUT2D eigenvalue weighted by Gasteiger charge is 2.12. The van der Waals surface area contributed by atoms with Crippen molar-refractivity contribution in [3.63, 3.8) is 0 Å². The molecule has 8 nitrogen and oxygen atoms in total. The van der Waals surface area contributed by atoms with Crippen molar-refractivity contribution in [2.75, 3.05) is 12.4 Å². The Balaban J connectivity index is 1.39. The number of nitrogens with one attached hydrogen (secondary N) is 2. The fraction of sp³-hybridized carbons (Fsp3) is 0.0345. The van der Waals surface area contributed by atoms with E-state index in [4.69, 9.17) is 21.1 Å². The van der Waals surface area contributed by atoms with E-state index < -0.39 is 11.9 Å². The zero-order valence-electron chi connectivity index (χ0n) is 20.2. The topological polar surface area (TPSA) is 106 Å². The summed E-state index contributed by atoms with van der Waals surface area (Å²) in [5.74, 6) is -0.470. The monoisotopic (exact) mass is 527 g/mol. The first-order valence-corrected chi connectivity index (χ1v) is 11.8. The van der Waals surface area contributed by atoms with Crippen LogP contribution in [0.5, 0.6) is 11.5 Å². The number of rotatable bonds is 8. The second-order valence-corrected chi connectivity index (χ2v) is 8.33. The standard InChI is InChI=1S/C29H22ClN3O5/c1-37-25-15-11-20(12-16-25)29(36)38-26-8-3-2-5-22(26)18-31-33-28(35)21-6-4-7-24(17-21)32-27(34)19-9-13-23(30)14-10-19/h2-18H,1H3,(H,32,34)(H,33,35). The van der Waals surface area contributed by atoms with Crippen LogP contribution in [0.25, 0.3) is 0 Å². The van der Waals surface area contributed by atoms with Gasteiger partial charge in [0.25, 0.3) is 11.8 Å². The Hall–Kier alpha value is -4.95. The summed E-state index contributed by atoms with van der Waals surface area (Å²) in [6.07, 6.45) is 1.38. The number of hydrogen-bond donors (Lipinski definition) is 2. The molecule has 4 rings (SSSR count). The summed E-state index contributed by atoms with van der Waals surface area (Å²) in [5, 5.41) is 7.27. The molecule has 2 amide bonds. The molecule has 0 aliphatic carbocycles. The molecule has 4 aromatic carbocycles. The molecule has 0 fully saturated rings. The summed E-state index contributed by atoms with van der Waals surface area (Å²) in [5.41, 5.74) is 4.44. The van der Waals surface area contributed by atoms with Crippen LogP contribution in [0.3, 0.4) is 0 Å². The van der Waals surface area contributed by atoms with Crippen LogP contribution < -0.4 is 20.2 Å². The van der Waals surface area contributed by atoms with E-state index >= 15 is 0 Å². The number of carbonyl (C=O) groups is 3. The van der Waals surface area contributed by atoms with Gasteiger partial charge >= 0.3 is 5.97 Å². The van der Waals surface area contributed by atoms with E-state index in [0.717, 1.165) is 0 Å². The fourth-order valence-corrected chi connectivity index (χ4v) is 3.46. The number of amides is 2. The number of benzene rings is 4. The third-order valence-corrected chi connectivity index (χ3v) is 5.56. The third kappa shape index (κ3) is 6.83. The van der Waals surface area contributed by atoms with Crippen molar-refractivity contribution in [2.45, 2.75) is 0 Å². The van der Waals surface area contributed by atoms with Crippen LogP contribution in [0.15, 0.2) is 102 Å². The Labute approximate surface area is 223 Å². The van der Waals surface area contributed by atoms with Gasteiger partial charge in [0.15, 0.2) is 0 Å².